The number of aliphatic imine (C=N–C) groups is 1. The van der Waals surface area contributed by atoms with Gasteiger partial charge in [-0.25, -0.2) is 5.01 Å². The predicted molar refractivity (Wildman–Crippen MR) is 144 cm³/mol. The molecule has 1 unspecified atom stereocenters. The van der Waals surface area contributed by atoms with E-state index >= 15 is 0 Å². The number of rotatable bonds is 8. The van der Waals surface area contributed by atoms with Gasteiger partial charge in [-0.1, -0.05) is 80.6 Å². The van der Waals surface area contributed by atoms with Crippen molar-refractivity contribution in [3.05, 3.63) is 102 Å². The van der Waals surface area contributed by atoms with E-state index in [4.69, 9.17) is 5.73 Å². The number of halogens is 3. The van der Waals surface area contributed by atoms with Crippen LogP contribution in [0.2, 0.25) is 0 Å². The molecule has 0 radical (unpaired) electrons. The second-order valence-electron chi connectivity index (χ2n) is 9.02. The molecule has 3 aromatic carbocycles. The van der Waals surface area contributed by atoms with Crippen molar-refractivity contribution in [2.45, 2.75) is 38.4 Å². The highest BCUT2D eigenvalue weighted by Gasteiger charge is 2.37. The van der Waals surface area contributed by atoms with Gasteiger partial charge < -0.3 is 5.73 Å². The molecule has 2 N–H and O–H groups in total. The first-order valence-corrected chi connectivity index (χ1v) is 11.5. The zero-order valence-corrected chi connectivity index (χ0v) is 20.8. The molecule has 36 heavy (non-hydrogen) atoms. The summed E-state index contributed by atoms with van der Waals surface area (Å²) in [4.78, 5) is 4.40. The standard InChI is InChI=1S/C29H31F3N4/c1-6-19-35-20(2)36(34-5)26-17-15-25(16-18-26)28(3,4)24-13-11-22(12-14-24)21-7-9-23(10-8-21)27(33)29(30,31)32/h6-18,27H,1,5,19,33H2,2-4H3/b35-20-. The Balaban J connectivity index is 1.80. The molecule has 0 saturated carbocycles. The van der Waals surface area contributed by atoms with E-state index in [1.165, 1.54) is 12.1 Å². The van der Waals surface area contributed by atoms with Crippen molar-refractivity contribution in [3.63, 3.8) is 0 Å². The van der Waals surface area contributed by atoms with Crippen LogP contribution >= 0.6 is 0 Å². The molecule has 3 rings (SSSR count). The number of nitrogens with two attached hydrogens (primary N) is 1. The van der Waals surface area contributed by atoms with Gasteiger partial charge in [0.05, 0.1) is 12.2 Å². The lowest BCUT2D eigenvalue weighted by Crippen LogP contribution is -2.28. The van der Waals surface area contributed by atoms with Crippen molar-refractivity contribution in [2.75, 3.05) is 11.6 Å². The summed E-state index contributed by atoms with van der Waals surface area (Å²) in [7, 11) is 0. The van der Waals surface area contributed by atoms with E-state index in [0.29, 0.717) is 6.54 Å². The lowest BCUT2D eigenvalue weighted by molar-refractivity contribution is -0.149. The Morgan fingerprint density at radius 2 is 1.39 bits per heavy atom. The minimum Gasteiger partial charge on any atom is -0.316 e. The van der Waals surface area contributed by atoms with Crippen molar-refractivity contribution in [1.29, 1.82) is 0 Å². The topological polar surface area (TPSA) is 54.0 Å². The molecule has 0 saturated heterocycles. The second-order valence-corrected chi connectivity index (χ2v) is 9.02. The van der Waals surface area contributed by atoms with Crippen LogP contribution < -0.4 is 10.7 Å². The summed E-state index contributed by atoms with van der Waals surface area (Å²) in [6.07, 6.45) is -2.74. The van der Waals surface area contributed by atoms with E-state index < -0.39 is 12.2 Å². The zero-order valence-electron chi connectivity index (χ0n) is 20.8. The Hall–Kier alpha value is -3.71. The van der Waals surface area contributed by atoms with Crippen molar-refractivity contribution in [2.24, 2.45) is 15.8 Å². The smallest absolute Gasteiger partial charge is 0.316 e. The summed E-state index contributed by atoms with van der Waals surface area (Å²) in [6, 6.07) is 20.3. The Morgan fingerprint density at radius 1 is 0.917 bits per heavy atom. The minimum atomic E-state index is -4.47. The number of alkyl halides is 3. The van der Waals surface area contributed by atoms with Crippen LogP contribution in [0.1, 0.15) is 43.5 Å². The van der Waals surface area contributed by atoms with Gasteiger partial charge in [0, 0.05) is 12.1 Å². The highest BCUT2D eigenvalue weighted by molar-refractivity contribution is 5.95. The summed E-state index contributed by atoms with van der Waals surface area (Å²) in [5.74, 6) is 0.723. The fourth-order valence-corrected chi connectivity index (χ4v) is 3.97. The van der Waals surface area contributed by atoms with Crippen molar-refractivity contribution < 1.29 is 13.2 Å². The molecule has 0 aromatic heterocycles. The van der Waals surface area contributed by atoms with Crippen LogP contribution in [0.15, 0.2) is 95.5 Å². The van der Waals surface area contributed by atoms with Crippen LogP contribution in [0, 0.1) is 0 Å². The number of hydrogen-bond donors (Lipinski definition) is 1. The minimum absolute atomic E-state index is 0.0415. The molecule has 0 fully saturated rings. The SMILES string of the molecule is C=CC/N=C(/C)N(N=C)c1ccc(C(C)(C)c2ccc(-c3ccc(C(N)C(F)(F)F)cc3)cc2)cc1. The van der Waals surface area contributed by atoms with Gasteiger partial charge in [0.25, 0.3) is 0 Å². The number of hydrazone groups is 1. The summed E-state index contributed by atoms with van der Waals surface area (Å²) in [5, 5.41) is 5.76. The van der Waals surface area contributed by atoms with E-state index in [0.717, 1.165) is 33.8 Å². The molecule has 0 spiro atoms. The van der Waals surface area contributed by atoms with Crippen molar-refractivity contribution in [1.82, 2.24) is 0 Å². The number of amidine groups is 1. The quantitative estimate of drug-likeness (QED) is 0.156. The average Bonchev–Trinajstić information content (AvgIpc) is 2.87. The van der Waals surface area contributed by atoms with Gasteiger partial charge in [0.15, 0.2) is 0 Å². The second kappa shape index (κ2) is 10.9. The maximum Gasteiger partial charge on any atom is 0.407 e. The van der Waals surface area contributed by atoms with Crippen LogP contribution in [0.25, 0.3) is 11.1 Å². The highest BCUT2D eigenvalue weighted by atomic mass is 19.4. The van der Waals surface area contributed by atoms with E-state index in [1.54, 1.807) is 23.2 Å². The fourth-order valence-electron chi connectivity index (χ4n) is 3.97. The first-order valence-electron chi connectivity index (χ1n) is 11.5. The zero-order chi connectivity index (χ0) is 26.5. The monoisotopic (exact) mass is 492 g/mol. The molecule has 0 aliphatic rings. The first kappa shape index (κ1) is 26.9. The van der Waals surface area contributed by atoms with Gasteiger partial charge in [-0.2, -0.15) is 18.3 Å². The molecule has 0 heterocycles. The number of hydrogen-bond acceptors (Lipinski definition) is 3. The van der Waals surface area contributed by atoms with E-state index in [1.807, 2.05) is 43.3 Å². The molecule has 1 atom stereocenters. The third kappa shape index (κ3) is 5.91. The van der Waals surface area contributed by atoms with Gasteiger partial charge in [-0.3, -0.25) is 4.99 Å². The third-order valence-electron chi connectivity index (χ3n) is 6.29. The molecule has 0 bridgehead atoms. The highest BCUT2D eigenvalue weighted by Crippen LogP contribution is 2.35. The normalized spacial score (nSPS) is 13.2. The van der Waals surface area contributed by atoms with Gasteiger partial charge in [0.1, 0.15) is 11.9 Å². The average molecular weight is 493 g/mol. The molecule has 4 nitrogen and oxygen atoms in total. The molecule has 3 aromatic rings. The van der Waals surface area contributed by atoms with E-state index in [-0.39, 0.29) is 11.0 Å². The van der Waals surface area contributed by atoms with E-state index in [2.05, 4.69) is 49.4 Å². The van der Waals surface area contributed by atoms with Crippen LogP contribution in [-0.2, 0) is 5.41 Å². The Morgan fingerprint density at radius 3 is 1.83 bits per heavy atom. The summed E-state index contributed by atoms with van der Waals surface area (Å²) in [5.41, 5.74) is 9.90. The largest absolute Gasteiger partial charge is 0.407 e. The maximum absolute atomic E-state index is 12.9. The molecular weight excluding hydrogens is 461 g/mol. The third-order valence-corrected chi connectivity index (χ3v) is 6.29. The van der Waals surface area contributed by atoms with Crippen LogP contribution in [0.5, 0.6) is 0 Å². The fraction of sp³-hybridized carbons (Fsp3) is 0.241. The number of nitrogens with zero attached hydrogens (tertiary/aromatic N) is 3. The molecule has 0 aliphatic heterocycles. The maximum atomic E-state index is 12.9. The predicted octanol–water partition coefficient (Wildman–Crippen LogP) is 7.27. The van der Waals surface area contributed by atoms with Gasteiger partial charge in [-0.15, -0.1) is 6.58 Å². The van der Waals surface area contributed by atoms with Crippen molar-refractivity contribution in [3.8, 4) is 11.1 Å². The summed E-state index contributed by atoms with van der Waals surface area (Å²) in [6.45, 7) is 14.0. The van der Waals surface area contributed by atoms with Crippen LogP contribution in [-0.4, -0.2) is 25.3 Å². The first-order chi connectivity index (χ1) is 17.0. The van der Waals surface area contributed by atoms with Gasteiger partial charge >= 0.3 is 6.18 Å². The Kier molecular flexibility index (Phi) is 8.15. The van der Waals surface area contributed by atoms with Crippen molar-refractivity contribution >= 4 is 18.2 Å². The molecule has 7 heteroatoms. The number of benzene rings is 3. The number of anilines is 1. The van der Waals surface area contributed by atoms with Crippen LogP contribution in [0.4, 0.5) is 18.9 Å². The molecule has 0 amide bonds. The Labute approximate surface area is 210 Å². The Bertz CT molecular complexity index is 1210. The molecule has 0 aliphatic carbocycles. The van der Waals surface area contributed by atoms with E-state index in [9.17, 15) is 13.2 Å². The lowest BCUT2D eigenvalue weighted by Gasteiger charge is -2.27. The van der Waals surface area contributed by atoms with Gasteiger partial charge in [0.2, 0.25) is 0 Å². The summed E-state index contributed by atoms with van der Waals surface area (Å²) < 4.78 is 38.6. The lowest BCUT2D eigenvalue weighted by atomic mass is 9.78. The van der Waals surface area contributed by atoms with Gasteiger partial charge in [-0.05, 0) is 46.9 Å². The summed E-state index contributed by atoms with van der Waals surface area (Å²) >= 11 is 0. The molecular formula is C29H31F3N4. The van der Waals surface area contributed by atoms with Crippen LogP contribution in [0.3, 0.4) is 0 Å². The molecule has 188 valence electrons.